The third-order valence-electron chi connectivity index (χ3n) is 4.23. The number of rotatable bonds is 6. The number of anilines is 1. The van der Waals surface area contributed by atoms with Crippen molar-refractivity contribution < 1.29 is 9.53 Å². The van der Waals surface area contributed by atoms with Gasteiger partial charge in [0.15, 0.2) is 0 Å². The fourth-order valence-corrected chi connectivity index (χ4v) is 2.90. The Labute approximate surface area is 157 Å². The van der Waals surface area contributed by atoms with Crippen molar-refractivity contribution in [1.29, 1.82) is 0 Å². The molecule has 0 aliphatic carbocycles. The first-order valence-electron chi connectivity index (χ1n) is 7.98. The highest BCUT2D eigenvalue weighted by atomic mass is 35.5. The average Bonchev–Trinajstić information content (AvgIpc) is 2.55. The van der Waals surface area contributed by atoms with Crippen molar-refractivity contribution in [3.05, 3.63) is 24.3 Å². The quantitative estimate of drug-likeness (QED) is 0.799. The Hall–Kier alpha value is -1.17. The molecule has 1 aliphatic rings. The van der Waals surface area contributed by atoms with Crippen LogP contribution in [0, 0.1) is 5.92 Å². The normalized spacial score (nSPS) is 15.7. The van der Waals surface area contributed by atoms with E-state index in [9.17, 15) is 4.79 Å². The molecule has 7 heteroatoms. The molecule has 24 heavy (non-hydrogen) atoms. The molecule has 0 saturated carbocycles. The Morgan fingerprint density at radius 2 is 1.92 bits per heavy atom. The van der Waals surface area contributed by atoms with Gasteiger partial charge in [0.2, 0.25) is 5.91 Å². The van der Waals surface area contributed by atoms with E-state index in [-0.39, 0.29) is 42.7 Å². The second-order valence-corrected chi connectivity index (χ2v) is 5.90. The summed E-state index contributed by atoms with van der Waals surface area (Å²) in [6.45, 7) is 4.54. The summed E-state index contributed by atoms with van der Waals surface area (Å²) in [7, 11) is 3.57. The molecule has 1 atom stereocenters. The minimum absolute atomic E-state index is 0. The minimum Gasteiger partial charge on any atom is -0.495 e. The molecular weight excluding hydrogens is 349 g/mol. The van der Waals surface area contributed by atoms with E-state index in [0.717, 1.165) is 37.4 Å². The number of carbonyl (C=O) groups is 1. The highest BCUT2D eigenvalue weighted by Crippen LogP contribution is 2.29. The zero-order valence-electron chi connectivity index (χ0n) is 14.6. The van der Waals surface area contributed by atoms with E-state index < -0.39 is 0 Å². The Morgan fingerprint density at radius 1 is 1.29 bits per heavy atom. The number of ether oxygens (including phenoxy) is 1. The molecule has 1 unspecified atom stereocenters. The Kier molecular flexibility index (Phi) is 10.8. The van der Waals surface area contributed by atoms with E-state index >= 15 is 0 Å². The van der Waals surface area contributed by atoms with Gasteiger partial charge in [-0.1, -0.05) is 19.1 Å². The number of hydrogen-bond acceptors (Lipinski definition) is 4. The van der Waals surface area contributed by atoms with E-state index in [4.69, 9.17) is 4.74 Å². The van der Waals surface area contributed by atoms with E-state index in [1.165, 1.54) is 0 Å². The summed E-state index contributed by atoms with van der Waals surface area (Å²) in [5.41, 5.74) is 1.14. The van der Waals surface area contributed by atoms with Gasteiger partial charge >= 0.3 is 0 Å². The second kappa shape index (κ2) is 11.4. The van der Waals surface area contributed by atoms with Gasteiger partial charge in [-0.15, -0.1) is 24.8 Å². The summed E-state index contributed by atoms with van der Waals surface area (Å²) < 4.78 is 5.43. The van der Waals surface area contributed by atoms with E-state index in [1.807, 2.05) is 32.2 Å². The molecule has 138 valence electrons. The van der Waals surface area contributed by atoms with Crippen LogP contribution < -0.4 is 20.3 Å². The van der Waals surface area contributed by atoms with Gasteiger partial charge in [0, 0.05) is 31.6 Å². The number of halogens is 2. The summed E-state index contributed by atoms with van der Waals surface area (Å²) in [6.07, 6.45) is 1.94. The summed E-state index contributed by atoms with van der Waals surface area (Å²) in [5.74, 6) is 1.06. The lowest BCUT2D eigenvalue weighted by Crippen LogP contribution is -2.47. The van der Waals surface area contributed by atoms with Crippen LogP contribution >= 0.6 is 24.8 Å². The fourth-order valence-electron chi connectivity index (χ4n) is 2.90. The molecule has 0 radical (unpaired) electrons. The molecule has 5 nitrogen and oxygen atoms in total. The summed E-state index contributed by atoms with van der Waals surface area (Å²) in [4.78, 5) is 14.4. The summed E-state index contributed by atoms with van der Waals surface area (Å²) >= 11 is 0. The minimum atomic E-state index is 0. The molecule has 1 fully saturated rings. The monoisotopic (exact) mass is 377 g/mol. The lowest BCUT2D eigenvalue weighted by atomic mass is 10.0. The van der Waals surface area contributed by atoms with Crippen molar-refractivity contribution in [1.82, 2.24) is 10.6 Å². The van der Waals surface area contributed by atoms with E-state index in [2.05, 4.69) is 21.6 Å². The highest BCUT2D eigenvalue weighted by Gasteiger charge is 2.23. The average molecular weight is 378 g/mol. The lowest BCUT2D eigenvalue weighted by molar-refractivity contribution is -0.125. The summed E-state index contributed by atoms with van der Waals surface area (Å²) in [5, 5.41) is 6.21. The highest BCUT2D eigenvalue weighted by molar-refractivity contribution is 5.85. The zero-order chi connectivity index (χ0) is 15.9. The van der Waals surface area contributed by atoms with Crippen LogP contribution in [0.3, 0.4) is 0 Å². The van der Waals surface area contributed by atoms with Crippen LogP contribution in [0.2, 0.25) is 0 Å². The van der Waals surface area contributed by atoms with Crippen molar-refractivity contribution in [2.24, 2.45) is 5.92 Å². The molecule has 0 bridgehead atoms. The van der Waals surface area contributed by atoms with Crippen LogP contribution in [0.1, 0.15) is 19.8 Å². The fraction of sp³-hybridized carbons (Fsp3) is 0.588. The van der Waals surface area contributed by atoms with Crippen LogP contribution in [0.5, 0.6) is 5.75 Å². The lowest BCUT2D eigenvalue weighted by Gasteiger charge is -2.35. The predicted octanol–water partition coefficient (Wildman–Crippen LogP) is 2.48. The molecule has 1 heterocycles. The third-order valence-corrected chi connectivity index (χ3v) is 4.23. The maximum atomic E-state index is 12.1. The third kappa shape index (κ3) is 6.04. The van der Waals surface area contributed by atoms with Gasteiger partial charge in [0.05, 0.1) is 12.8 Å². The number of benzene rings is 1. The maximum absolute atomic E-state index is 12.1. The van der Waals surface area contributed by atoms with Gasteiger partial charge < -0.3 is 20.3 Å². The first-order valence-corrected chi connectivity index (χ1v) is 7.98. The molecule has 2 N–H and O–H groups in total. The van der Waals surface area contributed by atoms with Crippen molar-refractivity contribution >= 4 is 36.4 Å². The van der Waals surface area contributed by atoms with Gasteiger partial charge in [-0.25, -0.2) is 0 Å². The van der Waals surface area contributed by atoms with Gasteiger partial charge in [0.25, 0.3) is 0 Å². The number of amides is 1. The number of hydrogen-bond donors (Lipinski definition) is 2. The number of methoxy groups -OCH3 is 1. The van der Waals surface area contributed by atoms with E-state index in [1.54, 1.807) is 7.11 Å². The van der Waals surface area contributed by atoms with Crippen molar-refractivity contribution in [3.8, 4) is 5.75 Å². The topological polar surface area (TPSA) is 53.6 Å². The molecule has 1 amide bonds. The molecule has 0 aromatic heterocycles. The SMILES string of the molecule is CNCC(C)C(=O)NC1CCN(c2ccccc2OC)CC1.Cl.Cl. The molecule has 1 saturated heterocycles. The molecule has 0 spiro atoms. The second-order valence-electron chi connectivity index (χ2n) is 5.90. The smallest absolute Gasteiger partial charge is 0.224 e. The van der Waals surface area contributed by atoms with Crippen LogP contribution in [-0.4, -0.2) is 45.7 Å². The van der Waals surface area contributed by atoms with Crippen molar-refractivity contribution in [2.45, 2.75) is 25.8 Å². The zero-order valence-corrected chi connectivity index (χ0v) is 16.2. The Morgan fingerprint density at radius 3 is 2.50 bits per heavy atom. The van der Waals surface area contributed by atoms with Crippen LogP contribution in [0.25, 0.3) is 0 Å². The van der Waals surface area contributed by atoms with Crippen molar-refractivity contribution in [3.63, 3.8) is 0 Å². The molecular formula is C17H29Cl2N3O2. The number of nitrogens with zero attached hydrogens (tertiary/aromatic N) is 1. The maximum Gasteiger partial charge on any atom is 0.224 e. The molecule has 1 aliphatic heterocycles. The standard InChI is InChI=1S/C17H27N3O2.2ClH/c1-13(12-18-2)17(21)19-14-8-10-20(11-9-14)15-6-4-5-7-16(15)22-3;;/h4-7,13-14,18H,8-12H2,1-3H3,(H,19,21);2*1H. The van der Waals surface area contributed by atoms with Gasteiger partial charge in [-0.05, 0) is 32.0 Å². The van der Waals surface area contributed by atoms with Gasteiger partial charge in [-0.2, -0.15) is 0 Å². The number of carbonyl (C=O) groups excluding carboxylic acids is 1. The summed E-state index contributed by atoms with van der Waals surface area (Å²) in [6, 6.07) is 8.37. The molecule has 1 aromatic carbocycles. The number of piperidine rings is 1. The Balaban J connectivity index is 0.00000264. The van der Waals surface area contributed by atoms with Gasteiger partial charge in [0.1, 0.15) is 5.75 Å². The van der Waals surface area contributed by atoms with Crippen LogP contribution in [0.15, 0.2) is 24.3 Å². The molecule has 2 rings (SSSR count). The van der Waals surface area contributed by atoms with Crippen LogP contribution in [0.4, 0.5) is 5.69 Å². The molecule has 1 aromatic rings. The number of para-hydroxylation sites is 2. The van der Waals surface area contributed by atoms with Gasteiger partial charge in [-0.3, -0.25) is 4.79 Å². The van der Waals surface area contributed by atoms with E-state index in [0.29, 0.717) is 6.54 Å². The predicted molar refractivity (Wildman–Crippen MR) is 104 cm³/mol. The first kappa shape index (κ1) is 22.8. The van der Waals surface area contributed by atoms with Crippen LogP contribution in [-0.2, 0) is 4.79 Å². The number of nitrogens with one attached hydrogen (secondary N) is 2. The van der Waals surface area contributed by atoms with Crippen molar-refractivity contribution in [2.75, 3.05) is 38.7 Å². The Bertz CT molecular complexity index is 494. The first-order chi connectivity index (χ1) is 10.7. The largest absolute Gasteiger partial charge is 0.495 e.